The highest BCUT2D eigenvalue weighted by molar-refractivity contribution is 7.99. The smallest absolute Gasteiger partial charge is 0.128 e. The number of thioether (sulfide) groups is 1. The molecule has 0 fully saturated rings. The fourth-order valence-electron chi connectivity index (χ4n) is 1.45. The van der Waals surface area contributed by atoms with E-state index in [1.54, 1.807) is 29.4 Å². The predicted octanol–water partition coefficient (Wildman–Crippen LogP) is 3.98. The van der Waals surface area contributed by atoms with Gasteiger partial charge in [-0.05, 0) is 26.3 Å². The van der Waals surface area contributed by atoms with Crippen molar-refractivity contribution in [2.45, 2.75) is 25.8 Å². The van der Waals surface area contributed by atoms with Gasteiger partial charge in [0.25, 0.3) is 0 Å². The van der Waals surface area contributed by atoms with Crippen LogP contribution in [-0.4, -0.2) is 15.7 Å². The number of aryl methyl sites for hydroxylation is 2. The molecule has 2 aromatic heterocycles. The van der Waals surface area contributed by atoms with Crippen molar-refractivity contribution in [1.29, 1.82) is 0 Å². The third kappa shape index (κ3) is 2.13. The lowest BCUT2D eigenvalue weighted by molar-refractivity contribution is 1.10. The molecule has 0 bridgehead atoms. The summed E-state index contributed by atoms with van der Waals surface area (Å²) in [6, 6.07) is 0. The zero-order chi connectivity index (χ0) is 11.7. The number of nitrogens with zero attached hydrogens (tertiary/aromatic N) is 2. The Hall–Kier alpha value is -0.870. The van der Waals surface area contributed by atoms with E-state index in [4.69, 9.17) is 0 Å². The lowest BCUT2D eigenvalue weighted by atomic mass is 10.2. The van der Waals surface area contributed by atoms with Gasteiger partial charge in [0.05, 0.1) is 0 Å². The van der Waals surface area contributed by atoms with E-state index in [0.717, 1.165) is 15.6 Å². The van der Waals surface area contributed by atoms with Crippen LogP contribution in [0.15, 0.2) is 23.5 Å². The van der Waals surface area contributed by atoms with Gasteiger partial charge in [-0.3, -0.25) is 0 Å². The zero-order valence-electron chi connectivity index (χ0n) is 9.70. The molecule has 2 heterocycles. The monoisotopic (exact) mass is 250 g/mol. The second-order valence-corrected chi connectivity index (χ2v) is 6.06. The average Bonchev–Trinajstić information content (AvgIpc) is 2.52. The summed E-state index contributed by atoms with van der Waals surface area (Å²) in [7, 11) is 0. The maximum atomic E-state index is 4.37. The normalized spacial score (nSPS) is 10.9. The van der Waals surface area contributed by atoms with E-state index in [1.165, 1.54) is 21.4 Å². The molecular formula is C12H14N2S2. The minimum Gasteiger partial charge on any atom is -0.229 e. The summed E-state index contributed by atoms with van der Waals surface area (Å²) in [6.07, 6.45) is 1.65. The molecule has 0 amide bonds. The van der Waals surface area contributed by atoms with Crippen LogP contribution >= 0.6 is 23.1 Å². The summed E-state index contributed by atoms with van der Waals surface area (Å²) >= 11 is 3.48. The van der Waals surface area contributed by atoms with Crippen molar-refractivity contribution in [3.8, 4) is 0 Å². The Morgan fingerprint density at radius 2 is 2.19 bits per heavy atom. The van der Waals surface area contributed by atoms with Crippen LogP contribution in [0.25, 0.3) is 10.2 Å². The van der Waals surface area contributed by atoms with Crippen LogP contribution in [0.4, 0.5) is 0 Å². The molecule has 0 aromatic carbocycles. The van der Waals surface area contributed by atoms with Crippen molar-refractivity contribution in [2.24, 2.45) is 0 Å². The van der Waals surface area contributed by atoms with Gasteiger partial charge >= 0.3 is 0 Å². The molecule has 0 aliphatic heterocycles. The third-order valence-electron chi connectivity index (χ3n) is 2.39. The van der Waals surface area contributed by atoms with Crippen LogP contribution in [0.3, 0.4) is 0 Å². The van der Waals surface area contributed by atoms with Crippen molar-refractivity contribution < 1.29 is 0 Å². The van der Waals surface area contributed by atoms with E-state index in [9.17, 15) is 0 Å². The second-order valence-electron chi connectivity index (χ2n) is 3.89. The lowest BCUT2D eigenvalue weighted by Gasteiger charge is -2.02. The van der Waals surface area contributed by atoms with E-state index < -0.39 is 0 Å². The second kappa shape index (κ2) is 4.55. The van der Waals surface area contributed by atoms with Crippen molar-refractivity contribution in [3.63, 3.8) is 0 Å². The quantitative estimate of drug-likeness (QED) is 0.468. The van der Waals surface area contributed by atoms with Gasteiger partial charge in [-0.1, -0.05) is 12.2 Å². The topological polar surface area (TPSA) is 25.8 Å². The Balaban J connectivity index is 2.48. The van der Waals surface area contributed by atoms with Gasteiger partial charge in [0.2, 0.25) is 0 Å². The lowest BCUT2D eigenvalue weighted by Crippen LogP contribution is -1.87. The maximum absolute atomic E-state index is 4.37. The molecular weight excluding hydrogens is 236 g/mol. The molecule has 0 saturated heterocycles. The van der Waals surface area contributed by atoms with Crippen LogP contribution in [0.2, 0.25) is 0 Å². The molecule has 0 atom stereocenters. The summed E-state index contributed by atoms with van der Waals surface area (Å²) in [6.45, 7) is 10.2. The summed E-state index contributed by atoms with van der Waals surface area (Å²) in [5.74, 6) is 0.917. The molecule has 16 heavy (non-hydrogen) atoms. The molecule has 4 heteroatoms. The van der Waals surface area contributed by atoms with Crippen LogP contribution in [-0.2, 0) is 0 Å². The first kappa shape index (κ1) is 11.6. The summed E-state index contributed by atoms with van der Waals surface area (Å²) in [4.78, 5) is 11.1. The van der Waals surface area contributed by atoms with Gasteiger partial charge in [0.15, 0.2) is 0 Å². The van der Waals surface area contributed by atoms with Crippen molar-refractivity contribution in [1.82, 2.24) is 9.97 Å². The van der Waals surface area contributed by atoms with Crippen LogP contribution in [0, 0.1) is 13.8 Å². The number of fused-ring (bicyclic) bond motifs is 1. The molecule has 0 radical (unpaired) electrons. The van der Waals surface area contributed by atoms with E-state index >= 15 is 0 Å². The van der Waals surface area contributed by atoms with Crippen molar-refractivity contribution in [3.05, 3.63) is 28.9 Å². The fraction of sp³-hybridized carbons (Fsp3) is 0.333. The highest BCUT2D eigenvalue weighted by atomic mass is 32.2. The Bertz CT molecular complexity index is 543. The SMILES string of the molecule is C=C(C)CSc1ncnc2sc(C)c(C)c12. The molecule has 84 valence electrons. The molecule has 2 nitrogen and oxygen atoms in total. The number of thiophene rings is 1. The van der Waals surface area contributed by atoms with Gasteiger partial charge in [-0.2, -0.15) is 0 Å². The Kier molecular flexibility index (Phi) is 3.30. The summed E-state index contributed by atoms with van der Waals surface area (Å²) in [5, 5.41) is 2.30. The maximum Gasteiger partial charge on any atom is 0.128 e. The highest BCUT2D eigenvalue weighted by Crippen LogP contribution is 2.34. The number of rotatable bonds is 3. The predicted molar refractivity (Wildman–Crippen MR) is 72.4 cm³/mol. The average molecular weight is 250 g/mol. The Morgan fingerprint density at radius 1 is 1.44 bits per heavy atom. The first-order chi connectivity index (χ1) is 7.59. The molecule has 0 saturated carbocycles. The standard InChI is InChI=1S/C12H14N2S2/c1-7(2)5-15-11-10-8(3)9(4)16-12(10)14-6-13-11/h6H,1,5H2,2-4H3. The summed E-state index contributed by atoms with van der Waals surface area (Å²) in [5.41, 5.74) is 2.48. The molecule has 0 N–H and O–H groups in total. The van der Waals surface area contributed by atoms with Gasteiger partial charge < -0.3 is 0 Å². The third-order valence-corrected chi connectivity index (χ3v) is 4.72. The summed E-state index contributed by atoms with van der Waals surface area (Å²) < 4.78 is 0. The van der Waals surface area contributed by atoms with Gasteiger partial charge in [0.1, 0.15) is 16.2 Å². The van der Waals surface area contributed by atoms with E-state index in [2.05, 4.69) is 30.4 Å². The number of hydrogen-bond donors (Lipinski definition) is 0. The highest BCUT2D eigenvalue weighted by Gasteiger charge is 2.11. The Labute approximate surface area is 104 Å². The minimum atomic E-state index is 0.917. The van der Waals surface area contributed by atoms with Gasteiger partial charge in [-0.15, -0.1) is 23.1 Å². The van der Waals surface area contributed by atoms with Crippen molar-refractivity contribution >= 4 is 33.3 Å². The number of aromatic nitrogens is 2. The van der Waals surface area contributed by atoms with Crippen LogP contribution in [0.1, 0.15) is 17.4 Å². The fourth-order valence-corrected chi connectivity index (χ4v) is 3.41. The molecule has 0 aliphatic carbocycles. The van der Waals surface area contributed by atoms with E-state index in [0.29, 0.717) is 0 Å². The van der Waals surface area contributed by atoms with E-state index in [1.807, 2.05) is 6.92 Å². The molecule has 2 rings (SSSR count). The van der Waals surface area contributed by atoms with Crippen LogP contribution < -0.4 is 0 Å². The zero-order valence-corrected chi connectivity index (χ0v) is 11.3. The van der Waals surface area contributed by atoms with Crippen molar-refractivity contribution in [2.75, 3.05) is 5.75 Å². The molecule has 2 aromatic rings. The Morgan fingerprint density at radius 3 is 2.88 bits per heavy atom. The van der Waals surface area contributed by atoms with Gasteiger partial charge in [0, 0.05) is 16.0 Å². The minimum absolute atomic E-state index is 0.917. The van der Waals surface area contributed by atoms with E-state index in [-0.39, 0.29) is 0 Å². The van der Waals surface area contributed by atoms with Gasteiger partial charge in [-0.25, -0.2) is 9.97 Å². The first-order valence-corrected chi connectivity index (χ1v) is 6.87. The molecule has 0 spiro atoms. The molecule has 0 unspecified atom stereocenters. The molecule has 0 aliphatic rings. The van der Waals surface area contributed by atoms with Crippen LogP contribution in [0.5, 0.6) is 0 Å². The number of hydrogen-bond acceptors (Lipinski definition) is 4. The first-order valence-electron chi connectivity index (χ1n) is 5.07. The largest absolute Gasteiger partial charge is 0.229 e.